The van der Waals surface area contributed by atoms with Crippen molar-refractivity contribution in [1.82, 2.24) is 10.2 Å². The van der Waals surface area contributed by atoms with E-state index in [1.165, 1.54) is 23.3 Å². The van der Waals surface area contributed by atoms with Gasteiger partial charge in [0.25, 0.3) is 0 Å². The van der Waals surface area contributed by atoms with Crippen molar-refractivity contribution < 1.29 is 4.79 Å². The molecule has 1 aromatic heterocycles. The second-order valence-electron chi connectivity index (χ2n) is 4.78. The first-order valence-corrected chi connectivity index (χ1v) is 7.77. The highest BCUT2D eigenvalue weighted by Gasteiger charge is 2.15. The summed E-state index contributed by atoms with van der Waals surface area (Å²) in [5, 5.41) is 5.16. The summed E-state index contributed by atoms with van der Waals surface area (Å²) in [6.45, 7) is 4.66. The van der Waals surface area contributed by atoms with Crippen LogP contribution in [0, 0.1) is 0 Å². The van der Waals surface area contributed by atoms with Gasteiger partial charge in [-0.15, -0.1) is 11.3 Å². The van der Waals surface area contributed by atoms with E-state index < -0.39 is 0 Å². The number of nitrogens with zero attached hydrogens (tertiary/aromatic N) is 1. The zero-order chi connectivity index (χ0) is 12.8. The molecule has 2 rings (SSSR count). The molecule has 0 saturated carbocycles. The van der Waals surface area contributed by atoms with Crippen molar-refractivity contribution in [1.29, 1.82) is 0 Å². The highest BCUT2D eigenvalue weighted by molar-refractivity contribution is 7.10. The average Bonchev–Trinajstić information content (AvgIpc) is 2.67. The number of hydrogen-bond acceptors (Lipinski definition) is 2. The lowest BCUT2D eigenvalue weighted by Crippen LogP contribution is -2.40. The zero-order valence-corrected chi connectivity index (χ0v) is 11.9. The Balaban J connectivity index is 1.83. The van der Waals surface area contributed by atoms with Crippen molar-refractivity contribution in [3.63, 3.8) is 0 Å². The number of amides is 2. The Bertz CT molecular complexity index is 381. The molecule has 0 radical (unpaired) electrons. The van der Waals surface area contributed by atoms with Crippen LogP contribution in [0.1, 0.15) is 43.0 Å². The monoisotopic (exact) mass is 266 g/mol. The molecule has 0 aliphatic carbocycles. The molecule has 1 aliphatic rings. The Labute approximate surface area is 113 Å². The van der Waals surface area contributed by atoms with E-state index in [9.17, 15) is 4.79 Å². The quantitative estimate of drug-likeness (QED) is 0.893. The van der Waals surface area contributed by atoms with Crippen LogP contribution in [0.4, 0.5) is 4.79 Å². The summed E-state index contributed by atoms with van der Waals surface area (Å²) in [6.07, 6.45) is 5.85. The molecule has 100 valence electrons. The van der Waals surface area contributed by atoms with Crippen molar-refractivity contribution in [2.75, 3.05) is 13.1 Å². The lowest BCUT2D eigenvalue weighted by Gasteiger charge is -2.20. The smallest absolute Gasteiger partial charge is 0.317 e. The highest BCUT2D eigenvalue weighted by Crippen LogP contribution is 2.17. The van der Waals surface area contributed by atoms with E-state index in [1.54, 1.807) is 11.3 Å². The molecule has 0 atom stereocenters. The van der Waals surface area contributed by atoms with E-state index in [1.807, 2.05) is 4.90 Å². The standard InChI is InChI=1S/C14H22N2OS/c1-2-12-7-10-18-13(12)11-15-14(17)16-8-5-3-4-6-9-16/h7,10H,2-6,8-9,11H2,1H3,(H,15,17). The number of rotatable bonds is 3. The molecular formula is C14H22N2OS. The van der Waals surface area contributed by atoms with Gasteiger partial charge in [0.15, 0.2) is 0 Å². The van der Waals surface area contributed by atoms with E-state index in [-0.39, 0.29) is 6.03 Å². The van der Waals surface area contributed by atoms with Gasteiger partial charge < -0.3 is 10.2 Å². The third-order valence-corrected chi connectivity index (χ3v) is 4.48. The Hall–Kier alpha value is -1.03. The van der Waals surface area contributed by atoms with Crippen LogP contribution in [-0.4, -0.2) is 24.0 Å². The summed E-state index contributed by atoms with van der Waals surface area (Å²) in [7, 11) is 0. The van der Waals surface area contributed by atoms with Gasteiger partial charge in [0.1, 0.15) is 0 Å². The third kappa shape index (κ3) is 3.48. The first-order chi connectivity index (χ1) is 8.81. The largest absolute Gasteiger partial charge is 0.333 e. The normalized spacial score (nSPS) is 16.4. The highest BCUT2D eigenvalue weighted by atomic mass is 32.1. The summed E-state index contributed by atoms with van der Waals surface area (Å²) in [5.41, 5.74) is 1.36. The number of carbonyl (C=O) groups is 1. The first kappa shape index (κ1) is 13.4. The molecule has 2 heterocycles. The van der Waals surface area contributed by atoms with Crippen LogP contribution in [0.25, 0.3) is 0 Å². The maximum absolute atomic E-state index is 12.1. The summed E-state index contributed by atoms with van der Waals surface area (Å²) in [4.78, 5) is 15.3. The van der Waals surface area contributed by atoms with Crippen molar-refractivity contribution >= 4 is 17.4 Å². The second kappa shape index (κ2) is 6.78. The van der Waals surface area contributed by atoms with Gasteiger partial charge in [0.05, 0.1) is 6.54 Å². The Morgan fingerprint density at radius 1 is 1.33 bits per heavy atom. The molecule has 1 fully saturated rings. The van der Waals surface area contributed by atoms with Crippen molar-refractivity contribution in [3.8, 4) is 0 Å². The Kier molecular flexibility index (Phi) is 5.05. The molecule has 1 saturated heterocycles. The van der Waals surface area contributed by atoms with Crippen LogP contribution in [0.3, 0.4) is 0 Å². The van der Waals surface area contributed by atoms with Gasteiger partial charge in [-0.1, -0.05) is 19.8 Å². The van der Waals surface area contributed by atoms with E-state index in [0.29, 0.717) is 6.54 Å². The van der Waals surface area contributed by atoms with E-state index in [2.05, 4.69) is 23.7 Å². The molecule has 18 heavy (non-hydrogen) atoms. The van der Waals surface area contributed by atoms with Gasteiger partial charge >= 0.3 is 6.03 Å². The van der Waals surface area contributed by atoms with Crippen LogP contribution in [0.5, 0.6) is 0 Å². The lowest BCUT2D eigenvalue weighted by molar-refractivity contribution is 0.199. The topological polar surface area (TPSA) is 32.3 Å². The Morgan fingerprint density at radius 3 is 2.72 bits per heavy atom. The van der Waals surface area contributed by atoms with Gasteiger partial charge in [0, 0.05) is 18.0 Å². The predicted octanol–water partition coefficient (Wildman–Crippen LogP) is 3.40. The Morgan fingerprint density at radius 2 is 2.06 bits per heavy atom. The molecular weight excluding hydrogens is 244 g/mol. The van der Waals surface area contributed by atoms with Crippen molar-refractivity contribution in [2.45, 2.75) is 45.6 Å². The van der Waals surface area contributed by atoms with Crippen molar-refractivity contribution in [3.05, 3.63) is 21.9 Å². The van der Waals surface area contributed by atoms with Crippen LogP contribution in [0.15, 0.2) is 11.4 Å². The zero-order valence-electron chi connectivity index (χ0n) is 11.1. The van der Waals surface area contributed by atoms with Gasteiger partial charge in [0.2, 0.25) is 0 Å². The number of carbonyl (C=O) groups excluding carboxylic acids is 1. The average molecular weight is 266 g/mol. The summed E-state index contributed by atoms with van der Waals surface area (Å²) in [6, 6.07) is 2.25. The number of thiophene rings is 1. The third-order valence-electron chi connectivity index (χ3n) is 3.51. The maximum Gasteiger partial charge on any atom is 0.317 e. The summed E-state index contributed by atoms with van der Waals surface area (Å²) < 4.78 is 0. The second-order valence-corrected chi connectivity index (χ2v) is 5.78. The van der Waals surface area contributed by atoms with E-state index in [4.69, 9.17) is 0 Å². The maximum atomic E-state index is 12.1. The number of aryl methyl sites for hydroxylation is 1. The number of hydrogen-bond donors (Lipinski definition) is 1. The fourth-order valence-corrected chi connectivity index (χ4v) is 3.29. The molecule has 1 aliphatic heterocycles. The van der Waals surface area contributed by atoms with Crippen LogP contribution < -0.4 is 5.32 Å². The molecule has 1 aromatic rings. The number of likely N-dealkylation sites (tertiary alicyclic amines) is 1. The summed E-state index contributed by atoms with van der Waals surface area (Å²) in [5.74, 6) is 0. The fourth-order valence-electron chi connectivity index (χ4n) is 2.38. The molecule has 0 aromatic carbocycles. The molecule has 0 spiro atoms. The minimum atomic E-state index is 0.104. The van der Waals surface area contributed by atoms with E-state index >= 15 is 0 Å². The number of nitrogens with one attached hydrogen (secondary N) is 1. The molecule has 0 bridgehead atoms. The SMILES string of the molecule is CCc1ccsc1CNC(=O)N1CCCCCC1. The minimum absolute atomic E-state index is 0.104. The lowest BCUT2D eigenvalue weighted by atomic mass is 10.2. The van der Waals surface area contributed by atoms with Crippen LogP contribution >= 0.6 is 11.3 Å². The van der Waals surface area contributed by atoms with Gasteiger partial charge in [-0.25, -0.2) is 4.79 Å². The van der Waals surface area contributed by atoms with E-state index in [0.717, 1.165) is 32.4 Å². The first-order valence-electron chi connectivity index (χ1n) is 6.89. The molecule has 4 heteroatoms. The van der Waals surface area contributed by atoms with Crippen molar-refractivity contribution in [2.24, 2.45) is 0 Å². The minimum Gasteiger partial charge on any atom is -0.333 e. The molecule has 1 N–H and O–H groups in total. The van der Waals surface area contributed by atoms with Gasteiger partial charge in [-0.05, 0) is 36.3 Å². The predicted molar refractivity (Wildman–Crippen MR) is 76.0 cm³/mol. The fraction of sp³-hybridized carbons (Fsp3) is 0.643. The summed E-state index contributed by atoms with van der Waals surface area (Å²) >= 11 is 1.73. The molecule has 0 unspecified atom stereocenters. The van der Waals surface area contributed by atoms with Gasteiger partial charge in [-0.3, -0.25) is 0 Å². The number of urea groups is 1. The molecule has 2 amide bonds. The van der Waals surface area contributed by atoms with Crippen LogP contribution in [0.2, 0.25) is 0 Å². The van der Waals surface area contributed by atoms with Gasteiger partial charge in [-0.2, -0.15) is 0 Å². The van der Waals surface area contributed by atoms with Crippen LogP contribution in [-0.2, 0) is 13.0 Å². The molecule has 3 nitrogen and oxygen atoms in total.